The Bertz CT molecular complexity index is 521. The Kier molecular flexibility index (Phi) is 2.26. The van der Waals surface area contributed by atoms with Gasteiger partial charge < -0.3 is 21.3 Å². The summed E-state index contributed by atoms with van der Waals surface area (Å²) in [7, 11) is 0. The molecule has 1 aromatic rings. The van der Waals surface area contributed by atoms with Crippen molar-refractivity contribution in [3.8, 4) is 0 Å². The third kappa shape index (κ3) is 1.49. The Morgan fingerprint density at radius 1 is 0.947 bits per heavy atom. The number of nitrogens with one attached hydrogen (secondary N) is 4. The van der Waals surface area contributed by atoms with Gasteiger partial charge in [-0.3, -0.25) is 0 Å². The van der Waals surface area contributed by atoms with Crippen LogP contribution in [0.3, 0.4) is 0 Å². The number of rotatable bonds is 1. The van der Waals surface area contributed by atoms with Crippen molar-refractivity contribution in [2.45, 2.75) is 25.7 Å². The second kappa shape index (κ2) is 3.63. The predicted octanol–water partition coefficient (Wildman–Crippen LogP) is 0.817. The van der Waals surface area contributed by atoms with E-state index in [0.717, 1.165) is 5.56 Å². The minimum Gasteiger partial charge on any atom is -0.317 e. The van der Waals surface area contributed by atoms with Crippen LogP contribution in [-0.2, 0) is 5.66 Å². The number of carbonyl (C=O) groups excluding carboxylic acids is 2. The summed E-state index contributed by atoms with van der Waals surface area (Å²) in [6.07, 6.45) is -0.421. The largest absolute Gasteiger partial charge is 0.318 e. The van der Waals surface area contributed by atoms with E-state index in [2.05, 4.69) is 21.3 Å². The van der Waals surface area contributed by atoms with E-state index < -0.39 is 17.2 Å². The summed E-state index contributed by atoms with van der Waals surface area (Å²) in [5.41, 5.74) is -0.491. The topological polar surface area (TPSA) is 82.3 Å². The number of urea groups is 2. The second-order valence-corrected chi connectivity index (χ2v) is 5.47. The van der Waals surface area contributed by atoms with Gasteiger partial charge in [-0.05, 0) is 5.56 Å². The maximum atomic E-state index is 11.8. The first-order chi connectivity index (χ1) is 8.96. The van der Waals surface area contributed by atoms with Crippen LogP contribution in [0.4, 0.5) is 9.59 Å². The Morgan fingerprint density at radius 2 is 1.47 bits per heavy atom. The molecule has 2 heterocycles. The second-order valence-electron chi connectivity index (χ2n) is 5.47. The van der Waals surface area contributed by atoms with Gasteiger partial charge in [0.1, 0.15) is 6.17 Å². The van der Waals surface area contributed by atoms with Crippen LogP contribution in [0.25, 0.3) is 0 Å². The maximum absolute atomic E-state index is 11.8. The van der Waals surface area contributed by atoms with Gasteiger partial charge in [0, 0.05) is 5.41 Å². The lowest BCUT2D eigenvalue weighted by atomic mass is 9.69. The fraction of sp³-hybridized carbons (Fsp3) is 0.385. The molecule has 4 N–H and O–H groups in total. The smallest absolute Gasteiger partial charge is 0.317 e. The third-order valence-electron chi connectivity index (χ3n) is 4.05. The average molecular weight is 260 g/mol. The molecule has 0 unspecified atom stereocenters. The first-order valence-electron chi connectivity index (χ1n) is 6.18. The summed E-state index contributed by atoms with van der Waals surface area (Å²) in [5.74, 6) is 0. The minimum absolute atomic E-state index is 0.305. The molecule has 0 spiro atoms. The van der Waals surface area contributed by atoms with E-state index in [1.54, 1.807) is 0 Å². The van der Waals surface area contributed by atoms with Gasteiger partial charge in [-0.2, -0.15) is 0 Å². The molecule has 6 nitrogen and oxygen atoms in total. The monoisotopic (exact) mass is 260 g/mol. The summed E-state index contributed by atoms with van der Waals surface area (Å²) in [5, 5.41) is 11.2. The molecule has 100 valence electrons. The molecule has 2 bridgehead atoms. The van der Waals surface area contributed by atoms with Crippen LogP contribution < -0.4 is 21.3 Å². The van der Waals surface area contributed by atoms with Crippen molar-refractivity contribution in [2.24, 2.45) is 5.41 Å². The molecular weight excluding hydrogens is 244 g/mol. The van der Waals surface area contributed by atoms with Crippen LogP contribution in [-0.4, -0.2) is 18.2 Å². The fourth-order valence-corrected chi connectivity index (χ4v) is 2.85. The molecule has 0 atom stereocenters. The molecule has 0 saturated carbocycles. The number of benzene rings is 1. The van der Waals surface area contributed by atoms with Crippen LogP contribution in [0, 0.1) is 5.41 Å². The summed E-state index contributed by atoms with van der Waals surface area (Å²) in [4.78, 5) is 23.7. The summed E-state index contributed by atoms with van der Waals surface area (Å²) < 4.78 is 0. The van der Waals surface area contributed by atoms with E-state index in [9.17, 15) is 9.59 Å². The van der Waals surface area contributed by atoms with Crippen molar-refractivity contribution < 1.29 is 9.59 Å². The first-order valence-corrected chi connectivity index (χ1v) is 6.18. The summed E-state index contributed by atoms with van der Waals surface area (Å²) >= 11 is 0. The average Bonchev–Trinajstić information content (AvgIpc) is 2.34. The fourth-order valence-electron chi connectivity index (χ4n) is 2.85. The zero-order valence-electron chi connectivity index (χ0n) is 10.8. The van der Waals surface area contributed by atoms with Gasteiger partial charge in [0.05, 0.1) is 0 Å². The molecule has 2 aliphatic rings. The molecule has 2 fully saturated rings. The van der Waals surface area contributed by atoms with Gasteiger partial charge in [0.15, 0.2) is 5.66 Å². The van der Waals surface area contributed by atoms with Gasteiger partial charge in [0.25, 0.3) is 0 Å². The number of fused-ring (bicyclic) bond motifs is 2. The summed E-state index contributed by atoms with van der Waals surface area (Å²) in [6, 6.07) is 8.86. The van der Waals surface area contributed by atoms with Crippen LogP contribution in [0.15, 0.2) is 30.3 Å². The zero-order chi connectivity index (χ0) is 13.7. The lowest BCUT2D eigenvalue weighted by Gasteiger charge is -2.57. The summed E-state index contributed by atoms with van der Waals surface area (Å²) in [6.45, 7) is 3.98. The molecule has 19 heavy (non-hydrogen) atoms. The molecule has 0 aromatic heterocycles. The van der Waals surface area contributed by atoms with E-state index >= 15 is 0 Å². The van der Waals surface area contributed by atoms with Gasteiger partial charge in [0.2, 0.25) is 0 Å². The highest BCUT2D eigenvalue weighted by Gasteiger charge is 2.59. The SMILES string of the molecule is CC1(C)C2NC(=O)NC1(c1ccccc1)NC(=O)N2. The molecule has 2 saturated heterocycles. The van der Waals surface area contributed by atoms with E-state index in [1.807, 2.05) is 44.2 Å². The van der Waals surface area contributed by atoms with E-state index in [0.29, 0.717) is 0 Å². The molecule has 2 aliphatic heterocycles. The standard InChI is InChI=1S/C13H16N4O2/c1-12(2)9-14-10(18)16-13(12,17-11(19)15-9)8-6-4-3-5-7-8/h3-7,9H,1-2H3,(H2,14,16,18)(H2,15,17,19). The number of hydrogen-bond donors (Lipinski definition) is 4. The third-order valence-corrected chi connectivity index (χ3v) is 4.05. The Morgan fingerprint density at radius 3 is 2.00 bits per heavy atom. The Labute approximate surface area is 110 Å². The van der Waals surface area contributed by atoms with Gasteiger partial charge in [-0.15, -0.1) is 0 Å². The number of hydrogen-bond acceptors (Lipinski definition) is 2. The van der Waals surface area contributed by atoms with Crippen molar-refractivity contribution >= 4 is 12.1 Å². The van der Waals surface area contributed by atoms with E-state index in [-0.39, 0.29) is 12.1 Å². The van der Waals surface area contributed by atoms with Crippen LogP contribution in [0.5, 0.6) is 0 Å². The molecule has 0 aliphatic carbocycles. The molecular formula is C13H16N4O2. The predicted molar refractivity (Wildman–Crippen MR) is 69.0 cm³/mol. The van der Waals surface area contributed by atoms with Gasteiger partial charge >= 0.3 is 12.1 Å². The van der Waals surface area contributed by atoms with Crippen molar-refractivity contribution in [3.63, 3.8) is 0 Å². The van der Waals surface area contributed by atoms with Crippen LogP contribution in [0.1, 0.15) is 19.4 Å². The van der Waals surface area contributed by atoms with Crippen molar-refractivity contribution in [1.29, 1.82) is 0 Å². The van der Waals surface area contributed by atoms with Gasteiger partial charge in [-0.1, -0.05) is 44.2 Å². The zero-order valence-corrected chi connectivity index (χ0v) is 10.8. The Hall–Kier alpha value is -2.24. The highest BCUT2D eigenvalue weighted by atomic mass is 16.2. The van der Waals surface area contributed by atoms with Crippen molar-refractivity contribution in [2.75, 3.05) is 0 Å². The van der Waals surface area contributed by atoms with Crippen molar-refractivity contribution in [3.05, 3.63) is 35.9 Å². The number of amides is 4. The lowest BCUT2D eigenvalue weighted by Crippen LogP contribution is -2.83. The first kappa shape index (κ1) is 11.8. The van der Waals surface area contributed by atoms with E-state index in [4.69, 9.17) is 0 Å². The van der Waals surface area contributed by atoms with Crippen molar-refractivity contribution in [1.82, 2.24) is 21.3 Å². The molecule has 1 aromatic carbocycles. The quantitative estimate of drug-likeness (QED) is 0.603. The minimum atomic E-state index is -0.913. The normalized spacial score (nSPS) is 31.6. The molecule has 0 radical (unpaired) electrons. The highest BCUT2D eigenvalue weighted by molar-refractivity contribution is 5.84. The van der Waals surface area contributed by atoms with Gasteiger partial charge in [-0.25, -0.2) is 9.59 Å². The highest BCUT2D eigenvalue weighted by Crippen LogP contribution is 2.43. The van der Waals surface area contributed by atoms with E-state index in [1.165, 1.54) is 0 Å². The van der Waals surface area contributed by atoms with Crippen LogP contribution >= 0.6 is 0 Å². The lowest BCUT2D eigenvalue weighted by molar-refractivity contribution is 0.00406. The number of carbonyl (C=O) groups is 2. The van der Waals surface area contributed by atoms with Crippen LogP contribution in [0.2, 0.25) is 0 Å². The molecule has 4 amide bonds. The Balaban J connectivity index is 2.18. The molecule has 6 heteroatoms. The maximum Gasteiger partial charge on any atom is 0.318 e. The molecule has 3 rings (SSSR count).